The van der Waals surface area contributed by atoms with E-state index in [0.29, 0.717) is 17.5 Å². The molecule has 1 atom stereocenters. The van der Waals surface area contributed by atoms with Crippen molar-refractivity contribution in [1.82, 2.24) is 20.8 Å². The van der Waals surface area contributed by atoms with Crippen LogP contribution in [0.15, 0.2) is 4.52 Å². The lowest BCUT2D eigenvalue weighted by Crippen LogP contribution is -2.44. The van der Waals surface area contributed by atoms with Gasteiger partial charge in [-0.2, -0.15) is 16.7 Å². The Morgan fingerprint density at radius 2 is 2.26 bits per heavy atom. The number of ether oxygens (including phenoxy) is 1. The maximum Gasteiger partial charge on any atom is 0.407 e. The number of hydrogen-bond donors (Lipinski definition) is 2. The predicted octanol–water partition coefficient (Wildman–Crippen LogP) is 0.293. The summed E-state index contributed by atoms with van der Waals surface area (Å²) in [5.74, 6) is 1.19. The molecule has 0 bridgehead atoms. The number of amides is 2. The third-order valence-corrected chi connectivity index (χ3v) is 2.66. The summed E-state index contributed by atoms with van der Waals surface area (Å²) in [6, 6.07) is -0.707. The molecule has 1 aromatic rings. The van der Waals surface area contributed by atoms with E-state index in [1.54, 1.807) is 18.7 Å². The van der Waals surface area contributed by atoms with Crippen LogP contribution in [0.3, 0.4) is 0 Å². The highest BCUT2D eigenvalue weighted by Crippen LogP contribution is 2.05. The number of nitrogens with one attached hydrogen (secondary N) is 2. The van der Waals surface area contributed by atoms with Crippen LogP contribution in [-0.2, 0) is 21.8 Å². The number of methoxy groups -OCH3 is 1. The SMILES string of the molecule is COC(=O)N[C@H](C)C(=O)NCc1nc(CSC)no1. The first-order chi connectivity index (χ1) is 9.06. The summed E-state index contributed by atoms with van der Waals surface area (Å²) in [5, 5.41) is 8.66. The van der Waals surface area contributed by atoms with Gasteiger partial charge in [0.05, 0.1) is 19.4 Å². The van der Waals surface area contributed by atoms with Gasteiger partial charge in [0.25, 0.3) is 0 Å². The van der Waals surface area contributed by atoms with Crippen LogP contribution >= 0.6 is 11.8 Å². The molecular weight excluding hydrogens is 272 g/mol. The number of carbonyl (C=O) groups excluding carboxylic acids is 2. The molecule has 1 aromatic heterocycles. The number of nitrogens with zero attached hydrogens (tertiary/aromatic N) is 2. The van der Waals surface area contributed by atoms with E-state index >= 15 is 0 Å². The van der Waals surface area contributed by atoms with Crippen molar-refractivity contribution in [2.24, 2.45) is 0 Å². The molecule has 0 radical (unpaired) electrons. The topological polar surface area (TPSA) is 106 Å². The van der Waals surface area contributed by atoms with E-state index in [-0.39, 0.29) is 12.5 Å². The van der Waals surface area contributed by atoms with Crippen LogP contribution in [-0.4, -0.2) is 41.5 Å². The Morgan fingerprint density at radius 3 is 2.89 bits per heavy atom. The van der Waals surface area contributed by atoms with Crippen molar-refractivity contribution < 1.29 is 18.8 Å². The Morgan fingerprint density at radius 1 is 1.53 bits per heavy atom. The largest absolute Gasteiger partial charge is 0.453 e. The van der Waals surface area contributed by atoms with Crippen molar-refractivity contribution in [2.75, 3.05) is 13.4 Å². The highest BCUT2D eigenvalue weighted by molar-refractivity contribution is 7.97. The zero-order valence-electron chi connectivity index (χ0n) is 10.9. The van der Waals surface area contributed by atoms with Gasteiger partial charge in [-0.3, -0.25) is 4.79 Å². The summed E-state index contributed by atoms with van der Waals surface area (Å²) in [6.45, 7) is 1.66. The van der Waals surface area contributed by atoms with Crippen molar-refractivity contribution in [3.63, 3.8) is 0 Å². The second-order valence-electron chi connectivity index (χ2n) is 3.61. The maximum atomic E-state index is 11.6. The van der Waals surface area contributed by atoms with Gasteiger partial charge in [0.1, 0.15) is 6.04 Å². The summed E-state index contributed by atoms with van der Waals surface area (Å²) in [6.07, 6.45) is 1.26. The number of alkyl carbamates (subject to hydrolysis) is 1. The Hall–Kier alpha value is -1.77. The second-order valence-corrected chi connectivity index (χ2v) is 4.48. The summed E-state index contributed by atoms with van der Waals surface area (Å²) < 4.78 is 9.34. The zero-order valence-corrected chi connectivity index (χ0v) is 11.7. The lowest BCUT2D eigenvalue weighted by Gasteiger charge is -2.11. The van der Waals surface area contributed by atoms with Gasteiger partial charge in [0, 0.05) is 0 Å². The van der Waals surface area contributed by atoms with E-state index in [1.807, 2.05) is 6.26 Å². The van der Waals surface area contributed by atoms with Gasteiger partial charge < -0.3 is 19.9 Å². The molecule has 0 aliphatic carbocycles. The van der Waals surface area contributed by atoms with E-state index in [2.05, 4.69) is 25.5 Å². The first-order valence-corrected chi connectivity index (χ1v) is 6.88. The molecule has 0 aliphatic rings. The molecule has 1 rings (SSSR count). The fraction of sp³-hybridized carbons (Fsp3) is 0.600. The molecule has 0 fully saturated rings. The van der Waals surface area contributed by atoms with Crippen molar-refractivity contribution in [1.29, 1.82) is 0 Å². The minimum Gasteiger partial charge on any atom is -0.453 e. The normalized spacial score (nSPS) is 11.7. The second kappa shape index (κ2) is 7.62. The van der Waals surface area contributed by atoms with E-state index < -0.39 is 12.1 Å². The zero-order chi connectivity index (χ0) is 14.3. The molecule has 2 amide bonds. The summed E-state index contributed by atoms with van der Waals surface area (Å²) in [4.78, 5) is 26.6. The molecule has 8 nitrogen and oxygen atoms in total. The minimum absolute atomic E-state index is 0.118. The fourth-order valence-electron chi connectivity index (χ4n) is 1.17. The molecule has 0 saturated heterocycles. The highest BCUT2D eigenvalue weighted by Gasteiger charge is 2.16. The van der Waals surface area contributed by atoms with Crippen molar-refractivity contribution >= 4 is 23.8 Å². The third-order valence-electron chi connectivity index (χ3n) is 2.11. The quantitative estimate of drug-likeness (QED) is 0.775. The van der Waals surface area contributed by atoms with Crippen molar-refractivity contribution in [3.8, 4) is 0 Å². The molecule has 0 aromatic carbocycles. The molecule has 0 aliphatic heterocycles. The molecule has 19 heavy (non-hydrogen) atoms. The standard InChI is InChI=1S/C10H16N4O4S/c1-6(12-10(16)17-2)9(15)11-4-8-13-7(5-19-3)14-18-8/h6H,4-5H2,1-3H3,(H,11,15)(H,12,16)/t6-/m1/s1. The highest BCUT2D eigenvalue weighted by atomic mass is 32.2. The van der Waals surface area contributed by atoms with Gasteiger partial charge in [-0.25, -0.2) is 4.79 Å². The first-order valence-electron chi connectivity index (χ1n) is 5.49. The fourth-order valence-corrected chi connectivity index (χ4v) is 1.54. The van der Waals surface area contributed by atoms with Crippen molar-refractivity contribution in [3.05, 3.63) is 11.7 Å². The van der Waals surface area contributed by atoms with Crippen LogP contribution in [0.5, 0.6) is 0 Å². The van der Waals surface area contributed by atoms with Gasteiger partial charge in [-0.15, -0.1) is 0 Å². The number of rotatable bonds is 6. The van der Waals surface area contributed by atoms with Crippen LogP contribution in [0.1, 0.15) is 18.6 Å². The lowest BCUT2D eigenvalue weighted by molar-refractivity contribution is -0.122. The van der Waals surface area contributed by atoms with Gasteiger partial charge in [-0.1, -0.05) is 5.16 Å². The molecule has 0 saturated carbocycles. The molecule has 9 heteroatoms. The average molecular weight is 288 g/mol. The van der Waals surface area contributed by atoms with Crippen molar-refractivity contribution in [2.45, 2.75) is 25.3 Å². The third kappa shape index (κ3) is 5.16. The monoisotopic (exact) mass is 288 g/mol. The Kier molecular flexibility index (Phi) is 6.13. The summed E-state index contributed by atoms with van der Waals surface area (Å²) in [7, 11) is 1.23. The van der Waals surface area contributed by atoms with Gasteiger partial charge in [0.15, 0.2) is 5.82 Å². The molecular formula is C10H16N4O4S. The van der Waals surface area contributed by atoms with Crippen LogP contribution < -0.4 is 10.6 Å². The number of aromatic nitrogens is 2. The Bertz CT molecular complexity index is 437. The van der Waals surface area contributed by atoms with Crippen LogP contribution in [0.25, 0.3) is 0 Å². The lowest BCUT2D eigenvalue weighted by atomic mass is 10.3. The van der Waals surface area contributed by atoms with E-state index in [0.717, 1.165) is 0 Å². The van der Waals surface area contributed by atoms with Gasteiger partial charge >= 0.3 is 6.09 Å². The van der Waals surface area contributed by atoms with Crippen LogP contribution in [0.2, 0.25) is 0 Å². The summed E-state index contributed by atoms with van der Waals surface area (Å²) >= 11 is 1.57. The number of hydrogen-bond acceptors (Lipinski definition) is 7. The van der Waals surface area contributed by atoms with Gasteiger partial charge in [-0.05, 0) is 13.2 Å². The Balaban J connectivity index is 2.38. The molecule has 1 heterocycles. The number of carbonyl (C=O) groups is 2. The van der Waals surface area contributed by atoms with E-state index in [9.17, 15) is 9.59 Å². The molecule has 0 spiro atoms. The molecule has 0 unspecified atom stereocenters. The Labute approximate surface area is 114 Å². The van der Waals surface area contributed by atoms with E-state index in [4.69, 9.17) is 4.52 Å². The van der Waals surface area contributed by atoms with E-state index in [1.165, 1.54) is 7.11 Å². The smallest absolute Gasteiger partial charge is 0.407 e. The van der Waals surface area contributed by atoms with Crippen LogP contribution in [0.4, 0.5) is 4.79 Å². The maximum absolute atomic E-state index is 11.6. The first kappa shape index (κ1) is 15.3. The minimum atomic E-state index is -0.707. The molecule has 2 N–H and O–H groups in total. The average Bonchev–Trinajstić information content (AvgIpc) is 2.83. The number of thioether (sulfide) groups is 1. The predicted molar refractivity (Wildman–Crippen MR) is 68.4 cm³/mol. The molecule has 106 valence electrons. The summed E-state index contributed by atoms with van der Waals surface area (Å²) in [5.41, 5.74) is 0. The van der Waals surface area contributed by atoms with Crippen LogP contribution in [0, 0.1) is 0 Å². The van der Waals surface area contributed by atoms with Gasteiger partial charge in [0.2, 0.25) is 11.8 Å².